The first-order chi connectivity index (χ1) is 5.15. The van der Waals surface area contributed by atoms with Crippen molar-refractivity contribution in [2.45, 2.75) is 26.8 Å². The molecule has 0 aliphatic carbocycles. The summed E-state index contributed by atoms with van der Waals surface area (Å²) in [5.41, 5.74) is 0. The maximum Gasteiger partial charge on any atom is 0.415 e. The summed E-state index contributed by atoms with van der Waals surface area (Å²) in [7, 11) is 0. The van der Waals surface area contributed by atoms with E-state index < -0.39 is 0 Å². The maximum atomic E-state index is 11.0. The highest BCUT2D eigenvalue weighted by atomic mass is 16.6. The lowest BCUT2D eigenvalue weighted by atomic mass is 10.3. The summed E-state index contributed by atoms with van der Waals surface area (Å²) in [6.45, 7) is 6.43. The fourth-order valence-corrected chi connectivity index (χ4v) is 0.979. The van der Waals surface area contributed by atoms with E-state index in [9.17, 15) is 4.79 Å². The van der Waals surface area contributed by atoms with Gasteiger partial charge in [0.05, 0.1) is 6.54 Å². The Hall–Kier alpha value is -0.990. The molecule has 0 aromatic rings. The minimum atomic E-state index is -0.229. The molecule has 0 atom stereocenters. The molecule has 0 N–H and O–H groups in total. The Morgan fingerprint density at radius 2 is 2.27 bits per heavy atom. The monoisotopic (exact) mass is 155 g/mol. The van der Waals surface area contributed by atoms with Crippen LogP contribution in [0.3, 0.4) is 0 Å². The molecule has 62 valence electrons. The second kappa shape index (κ2) is 2.95. The molecule has 1 aliphatic heterocycles. The standard InChI is InChI=1S/C8H13NO2/c1-4-7-5-9(6(2)3)8(10)11-7/h4,6H,5H2,1-3H3/b7-4-. The predicted molar refractivity (Wildman–Crippen MR) is 42.1 cm³/mol. The number of ether oxygens (including phenoxy) is 1. The van der Waals surface area contributed by atoms with Crippen LogP contribution in [0.25, 0.3) is 0 Å². The van der Waals surface area contributed by atoms with Crippen LogP contribution in [-0.2, 0) is 4.74 Å². The number of rotatable bonds is 1. The van der Waals surface area contributed by atoms with Crippen LogP contribution >= 0.6 is 0 Å². The first kappa shape index (κ1) is 8.11. The Labute approximate surface area is 66.6 Å². The molecule has 1 rings (SSSR count). The zero-order chi connectivity index (χ0) is 8.43. The van der Waals surface area contributed by atoms with Gasteiger partial charge in [-0.25, -0.2) is 4.79 Å². The van der Waals surface area contributed by atoms with Gasteiger partial charge < -0.3 is 4.74 Å². The molecule has 11 heavy (non-hydrogen) atoms. The maximum absolute atomic E-state index is 11.0. The van der Waals surface area contributed by atoms with Gasteiger partial charge in [0.1, 0.15) is 5.76 Å². The minimum Gasteiger partial charge on any atom is -0.413 e. The summed E-state index contributed by atoms with van der Waals surface area (Å²) >= 11 is 0. The van der Waals surface area contributed by atoms with E-state index in [0.29, 0.717) is 6.54 Å². The summed E-state index contributed by atoms with van der Waals surface area (Å²) in [6, 6.07) is 0.222. The highest BCUT2D eigenvalue weighted by molar-refractivity contribution is 5.72. The van der Waals surface area contributed by atoms with Gasteiger partial charge >= 0.3 is 6.09 Å². The van der Waals surface area contributed by atoms with Gasteiger partial charge in [0.15, 0.2) is 0 Å². The van der Waals surface area contributed by atoms with Gasteiger partial charge in [-0.2, -0.15) is 0 Å². The highest BCUT2D eigenvalue weighted by Crippen LogP contribution is 2.16. The molecule has 1 heterocycles. The van der Waals surface area contributed by atoms with E-state index in [1.54, 1.807) is 4.90 Å². The molecule has 3 heteroatoms. The Kier molecular flexibility index (Phi) is 2.17. The third-order valence-corrected chi connectivity index (χ3v) is 1.72. The molecule has 1 amide bonds. The van der Waals surface area contributed by atoms with E-state index >= 15 is 0 Å². The Morgan fingerprint density at radius 3 is 2.55 bits per heavy atom. The van der Waals surface area contributed by atoms with E-state index in [2.05, 4.69) is 0 Å². The first-order valence-corrected chi connectivity index (χ1v) is 3.78. The van der Waals surface area contributed by atoms with E-state index in [1.807, 2.05) is 26.8 Å². The van der Waals surface area contributed by atoms with Crippen LogP contribution in [0.1, 0.15) is 20.8 Å². The zero-order valence-corrected chi connectivity index (χ0v) is 7.13. The second-order valence-electron chi connectivity index (χ2n) is 2.84. The number of carbonyl (C=O) groups excluding carboxylic acids is 1. The molecule has 1 aliphatic rings. The van der Waals surface area contributed by atoms with Crippen molar-refractivity contribution in [2.24, 2.45) is 0 Å². The fraction of sp³-hybridized carbons (Fsp3) is 0.625. The molecule has 0 radical (unpaired) electrons. The van der Waals surface area contributed by atoms with Crippen LogP contribution in [0.4, 0.5) is 4.79 Å². The van der Waals surface area contributed by atoms with E-state index in [4.69, 9.17) is 4.74 Å². The molecule has 0 bridgehead atoms. The number of hydrogen-bond acceptors (Lipinski definition) is 2. The van der Waals surface area contributed by atoms with Crippen molar-refractivity contribution in [2.75, 3.05) is 6.54 Å². The molecule has 0 spiro atoms. The molecule has 0 aromatic heterocycles. The van der Waals surface area contributed by atoms with Gasteiger partial charge in [-0.3, -0.25) is 4.90 Å². The third-order valence-electron chi connectivity index (χ3n) is 1.72. The molecule has 1 saturated heterocycles. The molecule has 3 nitrogen and oxygen atoms in total. The smallest absolute Gasteiger partial charge is 0.413 e. The highest BCUT2D eigenvalue weighted by Gasteiger charge is 2.27. The number of allylic oxidation sites excluding steroid dienone is 1. The Morgan fingerprint density at radius 1 is 1.64 bits per heavy atom. The van der Waals surface area contributed by atoms with Crippen molar-refractivity contribution in [3.63, 3.8) is 0 Å². The van der Waals surface area contributed by atoms with Crippen LogP contribution in [0.5, 0.6) is 0 Å². The average molecular weight is 155 g/mol. The lowest BCUT2D eigenvalue weighted by molar-refractivity contribution is 0.160. The normalized spacial score (nSPS) is 21.6. The Bertz CT molecular complexity index is 196. The predicted octanol–water partition coefficient (Wildman–Crippen LogP) is 1.75. The number of amides is 1. The average Bonchev–Trinajstić information content (AvgIpc) is 2.30. The van der Waals surface area contributed by atoms with Gasteiger partial charge in [-0.05, 0) is 26.8 Å². The summed E-state index contributed by atoms with van der Waals surface area (Å²) in [5.74, 6) is 0.753. The van der Waals surface area contributed by atoms with E-state index in [1.165, 1.54) is 0 Å². The molecule has 0 aromatic carbocycles. The van der Waals surface area contributed by atoms with Gasteiger partial charge in [0, 0.05) is 6.04 Å². The largest absolute Gasteiger partial charge is 0.415 e. The summed E-state index contributed by atoms with van der Waals surface area (Å²) in [4.78, 5) is 12.7. The van der Waals surface area contributed by atoms with Gasteiger partial charge in [-0.15, -0.1) is 0 Å². The van der Waals surface area contributed by atoms with E-state index in [0.717, 1.165) is 5.76 Å². The van der Waals surface area contributed by atoms with Crippen molar-refractivity contribution in [1.82, 2.24) is 4.90 Å². The van der Waals surface area contributed by atoms with Gasteiger partial charge in [0.25, 0.3) is 0 Å². The molecular formula is C8H13NO2. The van der Waals surface area contributed by atoms with E-state index in [-0.39, 0.29) is 12.1 Å². The molecule has 1 fully saturated rings. The fourth-order valence-electron chi connectivity index (χ4n) is 0.979. The quantitative estimate of drug-likeness (QED) is 0.577. The number of cyclic esters (lactones) is 1. The van der Waals surface area contributed by atoms with Crippen LogP contribution < -0.4 is 0 Å². The van der Waals surface area contributed by atoms with Gasteiger partial charge in [0.2, 0.25) is 0 Å². The summed E-state index contributed by atoms with van der Waals surface area (Å²) in [6.07, 6.45) is 1.59. The first-order valence-electron chi connectivity index (χ1n) is 3.78. The Balaban J connectivity index is 2.66. The van der Waals surface area contributed by atoms with Crippen molar-refractivity contribution in [3.8, 4) is 0 Å². The van der Waals surface area contributed by atoms with Crippen molar-refractivity contribution in [1.29, 1.82) is 0 Å². The second-order valence-corrected chi connectivity index (χ2v) is 2.84. The van der Waals surface area contributed by atoms with Gasteiger partial charge in [-0.1, -0.05) is 0 Å². The van der Waals surface area contributed by atoms with Crippen molar-refractivity contribution < 1.29 is 9.53 Å². The topological polar surface area (TPSA) is 29.5 Å². The van der Waals surface area contributed by atoms with Crippen LogP contribution in [0.15, 0.2) is 11.8 Å². The van der Waals surface area contributed by atoms with Crippen molar-refractivity contribution in [3.05, 3.63) is 11.8 Å². The SMILES string of the molecule is C/C=C1/CN(C(C)C)C(=O)O1. The number of nitrogens with zero attached hydrogens (tertiary/aromatic N) is 1. The lowest BCUT2D eigenvalue weighted by Crippen LogP contribution is -2.31. The molecule has 0 unspecified atom stereocenters. The summed E-state index contributed by atoms with van der Waals surface area (Å²) in [5, 5.41) is 0. The molecule has 0 saturated carbocycles. The van der Waals surface area contributed by atoms with Crippen LogP contribution in [0.2, 0.25) is 0 Å². The third kappa shape index (κ3) is 1.53. The number of hydrogen-bond donors (Lipinski definition) is 0. The zero-order valence-electron chi connectivity index (χ0n) is 7.13. The number of carbonyl (C=O) groups is 1. The van der Waals surface area contributed by atoms with Crippen molar-refractivity contribution >= 4 is 6.09 Å². The van der Waals surface area contributed by atoms with Crippen LogP contribution in [0, 0.1) is 0 Å². The van der Waals surface area contributed by atoms with Crippen LogP contribution in [-0.4, -0.2) is 23.6 Å². The molecular weight excluding hydrogens is 142 g/mol. The minimum absolute atomic E-state index is 0.222. The lowest BCUT2D eigenvalue weighted by Gasteiger charge is -2.15. The summed E-state index contributed by atoms with van der Waals surface area (Å²) < 4.78 is 4.93.